The van der Waals surface area contributed by atoms with Gasteiger partial charge in [0.1, 0.15) is 11.3 Å². The molecule has 1 aliphatic carbocycles. The fourth-order valence-corrected chi connectivity index (χ4v) is 2.36. The van der Waals surface area contributed by atoms with Crippen molar-refractivity contribution in [2.75, 3.05) is 5.73 Å². The molecule has 0 amide bonds. The number of esters is 1. The lowest BCUT2D eigenvalue weighted by Crippen LogP contribution is -2.18. The van der Waals surface area contributed by atoms with Gasteiger partial charge in [0.05, 0.1) is 17.4 Å². The van der Waals surface area contributed by atoms with Crippen LogP contribution in [-0.4, -0.2) is 17.1 Å². The maximum atomic E-state index is 12.0. The molecule has 2 N–H and O–H groups in total. The highest BCUT2D eigenvalue weighted by Crippen LogP contribution is 2.23. The van der Waals surface area contributed by atoms with Crippen LogP contribution in [0.1, 0.15) is 48.9 Å². The maximum Gasteiger partial charge on any atom is 0.341 e. The molecule has 0 saturated heterocycles. The normalized spacial score (nSPS) is 17.2. The molecule has 0 bridgehead atoms. The van der Waals surface area contributed by atoms with E-state index in [-0.39, 0.29) is 16.8 Å². The molecule has 2 rings (SSSR count). The number of rotatable bonds is 2. The van der Waals surface area contributed by atoms with Crippen molar-refractivity contribution >= 4 is 23.3 Å². The largest absolute Gasteiger partial charge is 0.459 e. The number of nitrogens with two attached hydrogens (primary N) is 1. The highest BCUT2D eigenvalue weighted by molar-refractivity contribution is 6.32. The average molecular weight is 269 g/mol. The van der Waals surface area contributed by atoms with Gasteiger partial charge < -0.3 is 10.5 Å². The molecule has 98 valence electrons. The third-order valence-electron chi connectivity index (χ3n) is 3.16. The molecule has 1 fully saturated rings. The van der Waals surface area contributed by atoms with Gasteiger partial charge >= 0.3 is 5.97 Å². The van der Waals surface area contributed by atoms with Gasteiger partial charge in [-0.05, 0) is 31.7 Å². The standard InChI is InChI=1S/C13H17ClN2O2/c14-12-11(7-9(15)8-16-12)13(17)18-10-5-3-1-2-4-6-10/h7-8,10H,1-6,15H2. The molecule has 1 heterocycles. The summed E-state index contributed by atoms with van der Waals surface area (Å²) in [7, 11) is 0. The number of ether oxygens (including phenoxy) is 1. The molecular weight excluding hydrogens is 252 g/mol. The van der Waals surface area contributed by atoms with Crippen LogP contribution in [0.15, 0.2) is 12.3 Å². The van der Waals surface area contributed by atoms with Crippen LogP contribution in [0.3, 0.4) is 0 Å². The number of nitrogens with zero attached hydrogens (tertiary/aromatic N) is 1. The lowest BCUT2D eigenvalue weighted by atomic mass is 10.1. The summed E-state index contributed by atoms with van der Waals surface area (Å²) in [4.78, 5) is 15.8. The molecule has 4 nitrogen and oxygen atoms in total. The Morgan fingerprint density at radius 2 is 2.00 bits per heavy atom. The number of hydrogen-bond acceptors (Lipinski definition) is 4. The van der Waals surface area contributed by atoms with E-state index in [1.54, 1.807) is 0 Å². The Labute approximate surface area is 111 Å². The first-order valence-electron chi connectivity index (χ1n) is 6.29. The molecule has 18 heavy (non-hydrogen) atoms. The van der Waals surface area contributed by atoms with Crippen molar-refractivity contribution in [1.82, 2.24) is 4.98 Å². The predicted molar refractivity (Wildman–Crippen MR) is 70.6 cm³/mol. The van der Waals surface area contributed by atoms with E-state index in [9.17, 15) is 4.79 Å². The van der Waals surface area contributed by atoms with E-state index in [1.807, 2.05) is 0 Å². The lowest BCUT2D eigenvalue weighted by molar-refractivity contribution is 0.0267. The summed E-state index contributed by atoms with van der Waals surface area (Å²) in [6.07, 6.45) is 7.94. The monoisotopic (exact) mass is 268 g/mol. The second-order valence-electron chi connectivity index (χ2n) is 4.63. The van der Waals surface area contributed by atoms with Crippen molar-refractivity contribution < 1.29 is 9.53 Å². The second-order valence-corrected chi connectivity index (χ2v) is 4.98. The molecule has 1 aromatic heterocycles. The number of anilines is 1. The van der Waals surface area contributed by atoms with Crippen molar-refractivity contribution in [2.45, 2.75) is 44.6 Å². The van der Waals surface area contributed by atoms with Gasteiger partial charge in [-0.25, -0.2) is 9.78 Å². The van der Waals surface area contributed by atoms with Crippen LogP contribution in [0.5, 0.6) is 0 Å². The van der Waals surface area contributed by atoms with Crippen LogP contribution >= 0.6 is 11.6 Å². The highest BCUT2D eigenvalue weighted by atomic mass is 35.5. The summed E-state index contributed by atoms with van der Waals surface area (Å²) in [5.74, 6) is -0.424. The van der Waals surface area contributed by atoms with E-state index in [0.717, 1.165) is 25.7 Å². The zero-order valence-electron chi connectivity index (χ0n) is 10.2. The topological polar surface area (TPSA) is 65.2 Å². The summed E-state index contributed by atoms with van der Waals surface area (Å²) < 4.78 is 5.47. The minimum absolute atomic E-state index is 0.00232. The van der Waals surface area contributed by atoms with Gasteiger partial charge in [0.2, 0.25) is 0 Å². The van der Waals surface area contributed by atoms with Crippen molar-refractivity contribution in [3.05, 3.63) is 23.0 Å². The number of hydrogen-bond donors (Lipinski definition) is 1. The van der Waals surface area contributed by atoms with Crippen molar-refractivity contribution in [1.29, 1.82) is 0 Å². The highest BCUT2D eigenvalue weighted by Gasteiger charge is 2.20. The van der Waals surface area contributed by atoms with Gasteiger partial charge in [-0.3, -0.25) is 0 Å². The Morgan fingerprint density at radius 3 is 2.67 bits per heavy atom. The van der Waals surface area contributed by atoms with Gasteiger partial charge in [0.15, 0.2) is 0 Å². The Hall–Kier alpha value is -1.29. The van der Waals surface area contributed by atoms with Gasteiger partial charge in [-0.2, -0.15) is 0 Å². The second kappa shape index (κ2) is 6.05. The van der Waals surface area contributed by atoms with E-state index in [2.05, 4.69) is 4.98 Å². The van der Waals surface area contributed by atoms with E-state index in [0.29, 0.717) is 5.69 Å². The third kappa shape index (κ3) is 3.35. The summed E-state index contributed by atoms with van der Waals surface area (Å²) in [5.41, 5.74) is 6.25. The predicted octanol–water partition coefficient (Wildman–Crippen LogP) is 3.20. The summed E-state index contributed by atoms with van der Waals surface area (Å²) in [6.45, 7) is 0. The third-order valence-corrected chi connectivity index (χ3v) is 3.46. The van der Waals surface area contributed by atoms with Crippen LogP contribution in [0.25, 0.3) is 0 Å². The minimum Gasteiger partial charge on any atom is -0.459 e. The maximum absolute atomic E-state index is 12.0. The average Bonchev–Trinajstić information content (AvgIpc) is 2.61. The molecule has 0 unspecified atom stereocenters. The summed E-state index contributed by atoms with van der Waals surface area (Å²) in [5, 5.41) is 0.142. The molecule has 0 aliphatic heterocycles. The first-order valence-corrected chi connectivity index (χ1v) is 6.66. The molecule has 1 aromatic rings. The fourth-order valence-electron chi connectivity index (χ4n) is 2.18. The number of pyridine rings is 1. The number of nitrogen functional groups attached to an aromatic ring is 1. The van der Waals surface area contributed by atoms with Crippen LogP contribution in [0.2, 0.25) is 5.15 Å². The van der Waals surface area contributed by atoms with Crippen molar-refractivity contribution in [3.63, 3.8) is 0 Å². The Kier molecular flexibility index (Phi) is 4.42. The Bertz CT molecular complexity index is 429. The van der Waals surface area contributed by atoms with Crippen molar-refractivity contribution in [3.8, 4) is 0 Å². The van der Waals surface area contributed by atoms with E-state index in [4.69, 9.17) is 22.1 Å². The minimum atomic E-state index is -0.424. The van der Waals surface area contributed by atoms with E-state index in [1.165, 1.54) is 25.1 Å². The number of carbonyl (C=O) groups excluding carboxylic acids is 1. The van der Waals surface area contributed by atoms with Crippen LogP contribution in [0.4, 0.5) is 5.69 Å². The smallest absolute Gasteiger partial charge is 0.341 e. The molecule has 0 spiro atoms. The number of carbonyl (C=O) groups is 1. The fraction of sp³-hybridized carbons (Fsp3) is 0.538. The van der Waals surface area contributed by atoms with E-state index >= 15 is 0 Å². The van der Waals surface area contributed by atoms with Crippen molar-refractivity contribution in [2.24, 2.45) is 0 Å². The zero-order valence-corrected chi connectivity index (χ0v) is 10.9. The lowest BCUT2D eigenvalue weighted by Gasteiger charge is -2.15. The number of halogens is 1. The molecule has 0 atom stereocenters. The van der Waals surface area contributed by atoms with Gasteiger partial charge in [0, 0.05) is 0 Å². The first kappa shape index (κ1) is 13.1. The van der Waals surface area contributed by atoms with Crippen LogP contribution in [-0.2, 0) is 4.74 Å². The molecular formula is C13H17ClN2O2. The molecule has 1 aliphatic rings. The first-order chi connectivity index (χ1) is 8.66. The molecule has 0 aromatic carbocycles. The summed E-state index contributed by atoms with van der Waals surface area (Å²) >= 11 is 5.87. The zero-order chi connectivity index (χ0) is 13.0. The quantitative estimate of drug-likeness (QED) is 0.508. The molecule has 1 saturated carbocycles. The van der Waals surface area contributed by atoms with Gasteiger partial charge in [-0.15, -0.1) is 0 Å². The molecule has 5 heteroatoms. The van der Waals surface area contributed by atoms with Gasteiger partial charge in [-0.1, -0.05) is 24.4 Å². The molecule has 0 radical (unpaired) electrons. The summed E-state index contributed by atoms with van der Waals surface area (Å²) in [6, 6.07) is 1.51. The Balaban J connectivity index is 2.04. The van der Waals surface area contributed by atoms with E-state index < -0.39 is 5.97 Å². The SMILES string of the molecule is Nc1cnc(Cl)c(C(=O)OC2CCCCCC2)c1. The number of aromatic nitrogens is 1. The van der Waals surface area contributed by atoms with Crippen LogP contribution < -0.4 is 5.73 Å². The van der Waals surface area contributed by atoms with Gasteiger partial charge in [0.25, 0.3) is 0 Å². The van der Waals surface area contributed by atoms with Crippen LogP contribution in [0, 0.1) is 0 Å². The Morgan fingerprint density at radius 1 is 1.33 bits per heavy atom.